The molecular weight excluding hydrogens is 420 g/mol. The molecule has 8 heteroatoms. The highest BCUT2D eigenvalue weighted by molar-refractivity contribution is 7.89. The Morgan fingerprint density at radius 3 is 2.40 bits per heavy atom. The zero-order valence-electron chi connectivity index (χ0n) is 16.3. The van der Waals surface area contributed by atoms with Gasteiger partial charge in [0.25, 0.3) is 5.91 Å². The van der Waals surface area contributed by atoms with Gasteiger partial charge in [-0.05, 0) is 41.8 Å². The molecular formula is C22H22N2O4S2. The Balaban J connectivity index is 1.38. The van der Waals surface area contributed by atoms with Crippen LogP contribution in [0.1, 0.15) is 15.2 Å². The molecule has 1 saturated heterocycles. The van der Waals surface area contributed by atoms with E-state index in [1.54, 1.807) is 64.8 Å². The maximum absolute atomic E-state index is 12.9. The lowest BCUT2D eigenvalue weighted by Gasteiger charge is -2.34. The fourth-order valence-electron chi connectivity index (χ4n) is 3.32. The van der Waals surface area contributed by atoms with Crippen molar-refractivity contribution < 1.29 is 17.9 Å². The van der Waals surface area contributed by atoms with E-state index in [0.29, 0.717) is 31.0 Å². The number of amides is 1. The molecule has 0 radical (unpaired) electrons. The highest BCUT2D eigenvalue weighted by atomic mass is 32.2. The predicted molar refractivity (Wildman–Crippen MR) is 116 cm³/mol. The predicted octanol–water partition coefficient (Wildman–Crippen LogP) is 3.47. The number of nitrogens with zero attached hydrogens (tertiary/aromatic N) is 2. The molecule has 0 saturated carbocycles. The van der Waals surface area contributed by atoms with Crippen molar-refractivity contribution in [2.75, 3.05) is 26.2 Å². The second-order valence-corrected chi connectivity index (χ2v) is 9.88. The van der Waals surface area contributed by atoms with Crippen LogP contribution in [0.3, 0.4) is 0 Å². The van der Waals surface area contributed by atoms with Crippen molar-refractivity contribution in [2.24, 2.45) is 0 Å². The largest absolute Gasteiger partial charge is 0.488 e. The average Bonchev–Trinajstić information content (AvgIpc) is 3.32. The third kappa shape index (κ3) is 4.56. The van der Waals surface area contributed by atoms with Gasteiger partial charge in [-0.1, -0.05) is 30.3 Å². The summed E-state index contributed by atoms with van der Waals surface area (Å²) in [7, 11) is -3.54. The molecule has 156 valence electrons. The van der Waals surface area contributed by atoms with Crippen LogP contribution in [0.5, 0.6) is 5.75 Å². The number of sulfonamides is 1. The van der Waals surface area contributed by atoms with Gasteiger partial charge in [0.05, 0.1) is 4.90 Å². The Bertz CT molecular complexity index is 1090. The molecule has 1 aliphatic heterocycles. The Labute approximate surface area is 180 Å². The van der Waals surface area contributed by atoms with Gasteiger partial charge in [-0.25, -0.2) is 8.42 Å². The summed E-state index contributed by atoms with van der Waals surface area (Å²) in [5.74, 6) is 0.521. The second-order valence-electron chi connectivity index (χ2n) is 6.91. The molecule has 3 aromatic rings. The number of rotatable bonds is 6. The van der Waals surface area contributed by atoms with Crippen LogP contribution in [0.2, 0.25) is 0 Å². The summed E-state index contributed by atoms with van der Waals surface area (Å²) in [4.78, 5) is 16.0. The molecule has 0 N–H and O–H groups in total. The van der Waals surface area contributed by atoms with Gasteiger partial charge in [-0.3, -0.25) is 4.79 Å². The minimum Gasteiger partial charge on any atom is -0.488 e. The van der Waals surface area contributed by atoms with Gasteiger partial charge >= 0.3 is 0 Å². The van der Waals surface area contributed by atoms with Crippen LogP contribution < -0.4 is 4.74 Å². The molecule has 1 fully saturated rings. The van der Waals surface area contributed by atoms with Crippen molar-refractivity contribution in [3.05, 3.63) is 82.6 Å². The van der Waals surface area contributed by atoms with Crippen LogP contribution in [0, 0.1) is 0 Å². The minimum atomic E-state index is -3.54. The van der Waals surface area contributed by atoms with E-state index in [1.165, 1.54) is 4.31 Å². The van der Waals surface area contributed by atoms with E-state index in [2.05, 4.69) is 0 Å². The topological polar surface area (TPSA) is 66.9 Å². The fourth-order valence-corrected chi connectivity index (χ4v) is 5.38. The first-order chi connectivity index (χ1) is 14.5. The van der Waals surface area contributed by atoms with Crippen molar-refractivity contribution in [2.45, 2.75) is 11.5 Å². The number of ether oxygens (including phenoxy) is 1. The van der Waals surface area contributed by atoms with E-state index in [1.807, 2.05) is 23.6 Å². The molecule has 1 amide bonds. The third-order valence-corrected chi connectivity index (χ3v) is 7.71. The van der Waals surface area contributed by atoms with Gasteiger partial charge in [0, 0.05) is 36.6 Å². The molecule has 0 aliphatic carbocycles. The first-order valence-electron chi connectivity index (χ1n) is 9.64. The molecule has 30 heavy (non-hydrogen) atoms. The summed E-state index contributed by atoms with van der Waals surface area (Å²) in [6.07, 6.45) is 0. The van der Waals surface area contributed by atoms with Crippen molar-refractivity contribution in [1.29, 1.82) is 0 Å². The van der Waals surface area contributed by atoms with Crippen molar-refractivity contribution in [1.82, 2.24) is 9.21 Å². The average molecular weight is 443 g/mol. The lowest BCUT2D eigenvalue weighted by atomic mass is 10.1. The minimum absolute atomic E-state index is 0.117. The number of thiophene rings is 1. The molecule has 2 heterocycles. The molecule has 0 atom stereocenters. The Morgan fingerprint density at radius 1 is 0.933 bits per heavy atom. The lowest BCUT2D eigenvalue weighted by Crippen LogP contribution is -2.50. The third-order valence-electron chi connectivity index (χ3n) is 4.95. The first-order valence-corrected chi connectivity index (χ1v) is 12.0. The van der Waals surface area contributed by atoms with Crippen LogP contribution in [-0.4, -0.2) is 49.7 Å². The fraction of sp³-hybridized carbons (Fsp3) is 0.227. The van der Waals surface area contributed by atoms with E-state index in [-0.39, 0.29) is 23.9 Å². The Morgan fingerprint density at radius 2 is 1.70 bits per heavy atom. The highest BCUT2D eigenvalue weighted by Gasteiger charge is 2.30. The van der Waals surface area contributed by atoms with Crippen LogP contribution in [0.15, 0.2) is 77.0 Å². The van der Waals surface area contributed by atoms with Crippen LogP contribution in [0.25, 0.3) is 0 Å². The SMILES string of the molecule is O=C(c1cccc(OCc2cccs2)c1)N1CCN(S(=O)(=O)c2ccccc2)CC1. The quantitative estimate of drug-likeness (QED) is 0.586. The van der Waals surface area contributed by atoms with Crippen LogP contribution in [-0.2, 0) is 16.6 Å². The number of benzene rings is 2. The summed E-state index contributed by atoms with van der Waals surface area (Å²) in [6, 6.07) is 19.5. The second kappa shape index (κ2) is 8.99. The highest BCUT2D eigenvalue weighted by Crippen LogP contribution is 2.21. The summed E-state index contributed by atoms with van der Waals surface area (Å²) < 4.78 is 32.7. The molecule has 2 aromatic carbocycles. The maximum Gasteiger partial charge on any atom is 0.254 e. The van der Waals surface area contributed by atoms with Crippen molar-refractivity contribution >= 4 is 27.3 Å². The number of hydrogen-bond acceptors (Lipinski definition) is 5. The molecule has 0 bridgehead atoms. The zero-order chi connectivity index (χ0) is 21.0. The lowest BCUT2D eigenvalue weighted by molar-refractivity contribution is 0.0697. The van der Waals surface area contributed by atoms with Crippen molar-refractivity contribution in [3.8, 4) is 5.75 Å². The monoisotopic (exact) mass is 442 g/mol. The van der Waals surface area contributed by atoms with Crippen LogP contribution in [0.4, 0.5) is 0 Å². The molecule has 4 rings (SSSR count). The Kier molecular flexibility index (Phi) is 6.17. The van der Waals surface area contributed by atoms with E-state index < -0.39 is 10.0 Å². The molecule has 0 spiro atoms. The number of carbonyl (C=O) groups excluding carboxylic acids is 1. The molecule has 1 aromatic heterocycles. The number of hydrogen-bond donors (Lipinski definition) is 0. The van der Waals surface area contributed by atoms with E-state index >= 15 is 0 Å². The van der Waals surface area contributed by atoms with E-state index in [0.717, 1.165) is 4.88 Å². The van der Waals surface area contributed by atoms with E-state index in [4.69, 9.17) is 4.74 Å². The summed E-state index contributed by atoms with van der Waals surface area (Å²) in [5.41, 5.74) is 0.540. The van der Waals surface area contributed by atoms with Crippen molar-refractivity contribution in [3.63, 3.8) is 0 Å². The van der Waals surface area contributed by atoms with Gasteiger partial charge in [-0.15, -0.1) is 11.3 Å². The standard InChI is InChI=1S/C22H22N2O4S2/c25-22(18-6-4-7-19(16-18)28-17-20-8-5-15-29-20)23-11-13-24(14-12-23)30(26,27)21-9-2-1-3-10-21/h1-10,15-16H,11-14,17H2. The van der Waals surface area contributed by atoms with Gasteiger partial charge < -0.3 is 9.64 Å². The summed E-state index contributed by atoms with van der Waals surface area (Å²) >= 11 is 1.62. The molecule has 6 nitrogen and oxygen atoms in total. The molecule has 1 aliphatic rings. The Hall–Kier alpha value is -2.68. The zero-order valence-corrected chi connectivity index (χ0v) is 17.9. The smallest absolute Gasteiger partial charge is 0.254 e. The molecule has 0 unspecified atom stereocenters. The van der Waals surface area contributed by atoms with E-state index in [9.17, 15) is 13.2 Å². The van der Waals surface area contributed by atoms with Gasteiger partial charge in [0.15, 0.2) is 0 Å². The van der Waals surface area contributed by atoms with Crippen LogP contribution >= 0.6 is 11.3 Å². The summed E-state index contributed by atoms with van der Waals surface area (Å²) in [6.45, 7) is 1.72. The van der Waals surface area contributed by atoms with Gasteiger partial charge in [0.2, 0.25) is 10.0 Å². The number of piperazine rings is 1. The summed E-state index contributed by atoms with van der Waals surface area (Å²) in [5, 5.41) is 2.00. The van der Waals surface area contributed by atoms with Gasteiger partial charge in [-0.2, -0.15) is 4.31 Å². The first kappa shape index (κ1) is 20.6. The number of carbonyl (C=O) groups is 1. The maximum atomic E-state index is 12.9. The van der Waals surface area contributed by atoms with Gasteiger partial charge in [0.1, 0.15) is 12.4 Å². The normalized spacial score (nSPS) is 15.1.